The Morgan fingerprint density at radius 3 is 2.59 bits per heavy atom. The molecule has 22 heavy (non-hydrogen) atoms. The molecule has 2 N–H and O–H groups in total. The Labute approximate surface area is 137 Å². The lowest BCUT2D eigenvalue weighted by Gasteiger charge is -2.38. The second-order valence-electron chi connectivity index (χ2n) is 7.66. The van der Waals surface area contributed by atoms with Crippen LogP contribution in [0.2, 0.25) is 0 Å². The summed E-state index contributed by atoms with van der Waals surface area (Å²) in [6, 6.07) is 0.588. The van der Waals surface area contributed by atoms with Crippen molar-refractivity contribution in [1.29, 1.82) is 0 Å². The summed E-state index contributed by atoms with van der Waals surface area (Å²) in [6.07, 6.45) is 7.84. The van der Waals surface area contributed by atoms with Gasteiger partial charge in [-0.05, 0) is 63.1 Å². The van der Waals surface area contributed by atoms with Crippen LogP contribution in [0.1, 0.15) is 39.5 Å². The van der Waals surface area contributed by atoms with Gasteiger partial charge in [-0.25, -0.2) is 5.01 Å². The van der Waals surface area contributed by atoms with Crippen molar-refractivity contribution in [3.05, 3.63) is 11.8 Å². The average Bonchev–Trinajstić information content (AvgIpc) is 2.86. The molecule has 0 saturated heterocycles. The first-order valence-electron chi connectivity index (χ1n) is 9.04. The molecule has 1 aliphatic carbocycles. The first-order valence-corrected chi connectivity index (χ1v) is 9.04. The van der Waals surface area contributed by atoms with Crippen LogP contribution in [-0.4, -0.2) is 56.7 Å². The predicted octanol–water partition coefficient (Wildman–Crippen LogP) is 2.30. The molecule has 1 heterocycles. The maximum absolute atomic E-state index is 3.44. The molecule has 0 spiro atoms. The number of hydrazine groups is 1. The Kier molecular flexibility index (Phi) is 6.72. The molecule has 4 nitrogen and oxygen atoms in total. The number of likely N-dealkylation sites (N-methyl/N-ethyl adjacent to an activating group) is 3. The van der Waals surface area contributed by atoms with Gasteiger partial charge in [-0.1, -0.05) is 13.8 Å². The molecule has 0 aromatic heterocycles. The molecule has 2 rings (SSSR count). The highest BCUT2D eigenvalue weighted by Crippen LogP contribution is 2.38. The first kappa shape index (κ1) is 17.8. The van der Waals surface area contributed by atoms with Crippen LogP contribution < -0.4 is 10.7 Å². The predicted molar refractivity (Wildman–Crippen MR) is 94.5 cm³/mol. The summed E-state index contributed by atoms with van der Waals surface area (Å²) in [5, 5.41) is 5.57. The van der Waals surface area contributed by atoms with Crippen molar-refractivity contribution in [1.82, 2.24) is 20.7 Å². The van der Waals surface area contributed by atoms with Gasteiger partial charge in [-0.2, -0.15) is 0 Å². The molecule has 0 bridgehead atoms. The van der Waals surface area contributed by atoms with E-state index in [0.29, 0.717) is 6.04 Å². The molecule has 2 aliphatic rings. The van der Waals surface area contributed by atoms with Crippen molar-refractivity contribution < 1.29 is 0 Å². The Morgan fingerprint density at radius 1 is 1.32 bits per heavy atom. The maximum atomic E-state index is 3.44. The van der Waals surface area contributed by atoms with Crippen molar-refractivity contribution >= 4 is 0 Å². The van der Waals surface area contributed by atoms with Crippen LogP contribution in [0.5, 0.6) is 0 Å². The second-order valence-corrected chi connectivity index (χ2v) is 7.66. The van der Waals surface area contributed by atoms with Gasteiger partial charge in [0.2, 0.25) is 0 Å². The van der Waals surface area contributed by atoms with Gasteiger partial charge in [0.15, 0.2) is 0 Å². The minimum Gasteiger partial charge on any atom is -0.326 e. The number of hydrogen-bond acceptors (Lipinski definition) is 4. The van der Waals surface area contributed by atoms with E-state index >= 15 is 0 Å². The Hall–Kier alpha value is -0.580. The summed E-state index contributed by atoms with van der Waals surface area (Å²) >= 11 is 0. The summed E-state index contributed by atoms with van der Waals surface area (Å²) in [5.74, 6) is 2.61. The zero-order valence-corrected chi connectivity index (χ0v) is 15.2. The average molecular weight is 309 g/mol. The van der Waals surface area contributed by atoms with E-state index in [1.807, 2.05) is 7.05 Å². The highest BCUT2D eigenvalue weighted by molar-refractivity contribution is 5.18. The Bertz CT molecular complexity index is 358. The number of rotatable bonds is 7. The van der Waals surface area contributed by atoms with Crippen LogP contribution in [0.25, 0.3) is 0 Å². The van der Waals surface area contributed by atoms with E-state index < -0.39 is 0 Å². The van der Waals surface area contributed by atoms with Crippen LogP contribution in [0.3, 0.4) is 0 Å². The van der Waals surface area contributed by atoms with Gasteiger partial charge in [0.25, 0.3) is 0 Å². The van der Waals surface area contributed by atoms with Crippen LogP contribution in [0.15, 0.2) is 11.8 Å². The largest absolute Gasteiger partial charge is 0.326 e. The molecule has 1 fully saturated rings. The molecule has 0 amide bonds. The van der Waals surface area contributed by atoms with Gasteiger partial charge in [0.1, 0.15) is 0 Å². The third kappa shape index (κ3) is 4.46. The molecular formula is C18H36N4. The SMILES string of the molecule is CNCCN(C)CC1=CNN(C)C1C1CCC(C(C)C)CC1. The molecule has 128 valence electrons. The number of hydrogen-bond donors (Lipinski definition) is 2. The zero-order valence-electron chi connectivity index (χ0n) is 15.2. The molecule has 4 heteroatoms. The van der Waals surface area contributed by atoms with E-state index in [1.54, 1.807) is 5.57 Å². The van der Waals surface area contributed by atoms with Crippen LogP contribution in [0, 0.1) is 17.8 Å². The third-order valence-electron chi connectivity index (χ3n) is 5.65. The summed E-state index contributed by atoms with van der Waals surface area (Å²) < 4.78 is 0. The van der Waals surface area contributed by atoms with Gasteiger partial charge >= 0.3 is 0 Å². The van der Waals surface area contributed by atoms with Crippen molar-refractivity contribution in [2.75, 3.05) is 40.8 Å². The number of nitrogens with one attached hydrogen (secondary N) is 2. The fourth-order valence-corrected chi connectivity index (χ4v) is 4.18. The minimum atomic E-state index is 0.588. The third-order valence-corrected chi connectivity index (χ3v) is 5.65. The van der Waals surface area contributed by atoms with Crippen molar-refractivity contribution in [3.63, 3.8) is 0 Å². The molecule has 1 saturated carbocycles. The number of nitrogens with zero attached hydrogens (tertiary/aromatic N) is 2. The van der Waals surface area contributed by atoms with Gasteiger partial charge in [-0.3, -0.25) is 0 Å². The van der Waals surface area contributed by atoms with Crippen LogP contribution in [0.4, 0.5) is 0 Å². The quantitative estimate of drug-likeness (QED) is 0.755. The lowest BCUT2D eigenvalue weighted by molar-refractivity contribution is 0.125. The Morgan fingerprint density at radius 2 is 2.00 bits per heavy atom. The molecule has 0 aromatic carbocycles. The highest BCUT2D eigenvalue weighted by atomic mass is 15.5. The monoisotopic (exact) mass is 308 g/mol. The molecule has 1 atom stereocenters. The van der Waals surface area contributed by atoms with Crippen LogP contribution in [-0.2, 0) is 0 Å². The first-order chi connectivity index (χ1) is 10.5. The maximum Gasteiger partial charge on any atom is 0.0555 e. The molecule has 1 aliphatic heterocycles. The summed E-state index contributed by atoms with van der Waals surface area (Å²) in [7, 11) is 6.45. The molecular weight excluding hydrogens is 272 g/mol. The summed E-state index contributed by atoms with van der Waals surface area (Å²) in [6.45, 7) is 8.00. The lowest BCUT2D eigenvalue weighted by atomic mass is 9.73. The summed E-state index contributed by atoms with van der Waals surface area (Å²) in [5.41, 5.74) is 5.01. The van der Waals surface area contributed by atoms with Gasteiger partial charge in [0, 0.05) is 32.9 Å². The van der Waals surface area contributed by atoms with E-state index in [1.165, 1.54) is 25.7 Å². The van der Waals surface area contributed by atoms with Crippen molar-refractivity contribution in [2.45, 2.75) is 45.6 Å². The molecule has 0 radical (unpaired) electrons. The summed E-state index contributed by atoms with van der Waals surface area (Å²) in [4.78, 5) is 2.43. The van der Waals surface area contributed by atoms with Gasteiger partial charge in [-0.15, -0.1) is 0 Å². The van der Waals surface area contributed by atoms with E-state index in [-0.39, 0.29) is 0 Å². The van der Waals surface area contributed by atoms with Gasteiger partial charge in [0.05, 0.1) is 6.04 Å². The van der Waals surface area contributed by atoms with E-state index in [0.717, 1.165) is 37.4 Å². The standard InChI is InChI=1S/C18H36N4/c1-14(2)15-6-8-16(9-7-15)18-17(12-20-22(18)5)13-21(4)11-10-19-3/h12,14-16,18-20H,6-11,13H2,1-5H3. The van der Waals surface area contributed by atoms with E-state index in [9.17, 15) is 0 Å². The normalized spacial score (nSPS) is 30.0. The topological polar surface area (TPSA) is 30.5 Å². The lowest BCUT2D eigenvalue weighted by Crippen LogP contribution is -2.43. The fraction of sp³-hybridized carbons (Fsp3) is 0.889. The Balaban J connectivity index is 1.89. The minimum absolute atomic E-state index is 0.588. The smallest absolute Gasteiger partial charge is 0.0555 e. The van der Waals surface area contributed by atoms with Crippen molar-refractivity contribution in [3.8, 4) is 0 Å². The zero-order chi connectivity index (χ0) is 16.1. The van der Waals surface area contributed by atoms with Crippen LogP contribution >= 0.6 is 0 Å². The van der Waals surface area contributed by atoms with Crippen molar-refractivity contribution in [2.24, 2.45) is 17.8 Å². The molecule has 1 unspecified atom stereocenters. The van der Waals surface area contributed by atoms with E-state index in [4.69, 9.17) is 0 Å². The van der Waals surface area contributed by atoms with E-state index in [2.05, 4.69) is 54.8 Å². The highest BCUT2D eigenvalue weighted by Gasteiger charge is 2.35. The second kappa shape index (κ2) is 8.32. The molecule has 0 aromatic rings. The fourth-order valence-electron chi connectivity index (χ4n) is 4.18. The van der Waals surface area contributed by atoms with Gasteiger partial charge < -0.3 is 15.6 Å².